The van der Waals surface area contributed by atoms with Crippen LogP contribution in [-0.4, -0.2) is 0 Å². The highest BCUT2D eigenvalue weighted by Crippen LogP contribution is 2.14. The number of rotatable bonds is 7. The molecule has 0 saturated carbocycles. The molecule has 0 radical (unpaired) electrons. The van der Waals surface area contributed by atoms with Crippen molar-refractivity contribution >= 4 is 0 Å². The Morgan fingerprint density at radius 3 is 2.33 bits per heavy atom. The quantitative estimate of drug-likeness (QED) is 0.494. The van der Waals surface area contributed by atoms with Gasteiger partial charge in [-0.15, -0.1) is 6.58 Å². The summed E-state index contributed by atoms with van der Waals surface area (Å²) in [7, 11) is 0. The smallest absolute Gasteiger partial charge is 0.0172 e. The number of hydrogen-bond acceptors (Lipinski definition) is 0. The van der Waals surface area contributed by atoms with Crippen LogP contribution in [0.4, 0.5) is 0 Å². The van der Waals surface area contributed by atoms with Gasteiger partial charge < -0.3 is 0 Å². The Morgan fingerprint density at radius 2 is 1.83 bits per heavy atom. The van der Waals surface area contributed by atoms with Crippen LogP contribution < -0.4 is 0 Å². The average molecular weight is 166 g/mol. The lowest BCUT2D eigenvalue weighted by Crippen LogP contribution is -1.94. The first-order valence-electron chi connectivity index (χ1n) is 5.11. The Hall–Kier alpha value is -0.520. The molecule has 0 heteroatoms. The molecule has 0 aromatic carbocycles. The van der Waals surface area contributed by atoms with E-state index in [-0.39, 0.29) is 0 Å². The van der Waals surface area contributed by atoms with Gasteiger partial charge in [-0.25, -0.2) is 0 Å². The predicted molar refractivity (Wildman–Crippen MR) is 57.3 cm³/mol. The van der Waals surface area contributed by atoms with Crippen molar-refractivity contribution in [2.24, 2.45) is 5.92 Å². The monoisotopic (exact) mass is 166 g/mol. The largest absolute Gasteiger partial charge is 0.103 e. The topological polar surface area (TPSA) is 0 Å². The summed E-state index contributed by atoms with van der Waals surface area (Å²) in [6.45, 7) is 8.23. The molecule has 0 N–H and O–H groups in total. The van der Waals surface area contributed by atoms with Crippen LogP contribution >= 0.6 is 0 Å². The van der Waals surface area contributed by atoms with Crippen LogP contribution in [0.15, 0.2) is 24.8 Å². The molecule has 0 spiro atoms. The Morgan fingerprint density at radius 1 is 1.17 bits per heavy atom. The maximum absolute atomic E-state index is 3.67. The molecule has 0 saturated heterocycles. The molecule has 70 valence electrons. The van der Waals surface area contributed by atoms with Crippen molar-refractivity contribution in [2.75, 3.05) is 0 Å². The van der Waals surface area contributed by atoms with E-state index in [9.17, 15) is 0 Å². The third kappa shape index (κ3) is 6.21. The third-order valence-corrected chi connectivity index (χ3v) is 2.37. The van der Waals surface area contributed by atoms with Gasteiger partial charge in [-0.1, -0.05) is 44.9 Å². The fourth-order valence-corrected chi connectivity index (χ4v) is 1.34. The van der Waals surface area contributed by atoms with E-state index in [1.54, 1.807) is 0 Å². The molecule has 0 aliphatic carbocycles. The maximum Gasteiger partial charge on any atom is -0.0172 e. The van der Waals surface area contributed by atoms with E-state index in [1.807, 2.05) is 6.08 Å². The Balaban J connectivity index is 3.33. The zero-order valence-corrected chi connectivity index (χ0v) is 8.55. The van der Waals surface area contributed by atoms with Gasteiger partial charge >= 0.3 is 0 Å². The van der Waals surface area contributed by atoms with Crippen LogP contribution in [0.3, 0.4) is 0 Å². The zero-order valence-electron chi connectivity index (χ0n) is 8.55. The Bertz CT molecular complexity index is 118. The molecule has 0 aliphatic rings. The van der Waals surface area contributed by atoms with E-state index in [4.69, 9.17) is 0 Å². The van der Waals surface area contributed by atoms with Crippen LogP contribution in [0, 0.1) is 5.92 Å². The van der Waals surface area contributed by atoms with Crippen LogP contribution in [-0.2, 0) is 0 Å². The van der Waals surface area contributed by atoms with Crippen molar-refractivity contribution in [3.05, 3.63) is 24.8 Å². The van der Waals surface area contributed by atoms with Gasteiger partial charge in [-0.3, -0.25) is 0 Å². The molecule has 0 rings (SSSR count). The standard InChI is InChI=1S/C12H22/c1-4-7-8-9-10-11-12(5-2)6-3/h4,8-9,12H,1,5-7,10-11H2,2-3H3. The zero-order chi connectivity index (χ0) is 9.23. The van der Waals surface area contributed by atoms with E-state index in [1.165, 1.54) is 25.7 Å². The lowest BCUT2D eigenvalue weighted by molar-refractivity contribution is 0.460. The third-order valence-electron chi connectivity index (χ3n) is 2.37. The first-order valence-corrected chi connectivity index (χ1v) is 5.11. The minimum absolute atomic E-state index is 0.929. The molecule has 0 bridgehead atoms. The summed E-state index contributed by atoms with van der Waals surface area (Å²) < 4.78 is 0. The fraction of sp³-hybridized carbons (Fsp3) is 0.667. The minimum atomic E-state index is 0.929. The summed E-state index contributed by atoms with van der Waals surface area (Å²) in [5.41, 5.74) is 0. The average Bonchev–Trinajstić information content (AvgIpc) is 2.11. The molecule has 0 nitrogen and oxygen atoms in total. The van der Waals surface area contributed by atoms with Crippen molar-refractivity contribution in [1.29, 1.82) is 0 Å². The first kappa shape index (κ1) is 11.5. The predicted octanol–water partition coefficient (Wildman–Crippen LogP) is 4.34. The molecular formula is C12H22. The van der Waals surface area contributed by atoms with Crippen LogP contribution in [0.1, 0.15) is 46.0 Å². The lowest BCUT2D eigenvalue weighted by Gasteiger charge is -2.09. The molecule has 0 fully saturated rings. The van der Waals surface area contributed by atoms with Gasteiger partial charge in [0.1, 0.15) is 0 Å². The summed E-state index contributed by atoms with van der Waals surface area (Å²) >= 11 is 0. The normalized spacial score (nSPS) is 11.2. The van der Waals surface area contributed by atoms with E-state index in [2.05, 4.69) is 32.6 Å². The summed E-state index contributed by atoms with van der Waals surface area (Å²) in [4.78, 5) is 0. The molecule has 0 amide bonds. The summed E-state index contributed by atoms with van der Waals surface area (Å²) in [6, 6.07) is 0. The molecule has 0 heterocycles. The fourth-order valence-electron chi connectivity index (χ4n) is 1.34. The molecule has 0 atom stereocenters. The Kier molecular flexibility index (Phi) is 8.20. The second kappa shape index (κ2) is 8.58. The van der Waals surface area contributed by atoms with Crippen molar-refractivity contribution in [1.82, 2.24) is 0 Å². The maximum atomic E-state index is 3.67. The molecular weight excluding hydrogens is 144 g/mol. The van der Waals surface area contributed by atoms with Gasteiger partial charge in [-0.05, 0) is 25.2 Å². The second-order valence-electron chi connectivity index (χ2n) is 3.26. The van der Waals surface area contributed by atoms with E-state index < -0.39 is 0 Å². The highest BCUT2D eigenvalue weighted by atomic mass is 14.1. The SMILES string of the molecule is C=CCC=CCCC(CC)CC. The number of allylic oxidation sites excluding steroid dienone is 3. The molecule has 0 aromatic rings. The van der Waals surface area contributed by atoms with E-state index in [0.717, 1.165) is 12.3 Å². The van der Waals surface area contributed by atoms with Gasteiger partial charge in [0, 0.05) is 0 Å². The minimum Gasteiger partial charge on any atom is -0.103 e. The molecule has 0 aromatic heterocycles. The second-order valence-corrected chi connectivity index (χ2v) is 3.26. The van der Waals surface area contributed by atoms with Crippen molar-refractivity contribution < 1.29 is 0 Å². The van der Waals surface area contributed by atoms with Gasteiger partial charge in [0.2, 0.25) is 0 Å². The van der Waals surface area contributed by atoms with E-state index in [0.29, 0.717) is 0 Å². The first-order chi connectivity index (χ1) is 5.85. The van der Waals surface area contributed by atoms with Gasteiger partial charge in [0.25, 0.3) is 0 Å². The highest BCUT2D eigenvalue weighted by Gasteiger charge is 1.99. The molecule has 12 heavy (non-hydrogen) atoms. The summed E-state index contributed by atoms with van der Waals surface area (Å²) in [6.07, 6.45) is 12.7. The van der Waals surface area contributed by atoms with Crippen LogP contribution in [0.5, 0.6) is 0 Å². The van der Waals surface area contributed by atoms with Gasteiger partial charge in [0.15, 0.2) is 0 Å². The Labute approximate surface area is 77.4 Å². The lowest BCUT2D eigenvalue weighted by atomic mass is 9.97. The number of hydrogen-bond donors (Lipinski definition) is 0. The van der Waals surface area contributed by atoms with Crippen molar-refractivity contribution in [3.63, 3.8) is 0 Å². The highest BCUT2D eigenvalue weighted by molar-refractivity contribution is 4.88. The van der Waals surface area contributed by atoms with Crippen molar-refractivity contribution in [3.8, 4) is 0 Å². The van der Waals surface area contributed by atoms with Crippen molar-refractivity contribution in [2.45, 2.75) is 46.0 Å². The van der Waals surface area contributed by atoms with Crippen LogP contribution in [0.2, 0.25) is 0 Å². The van der Waals surface area contributed by atoms with E-state index >= 15 is 0 Å². The van der Waals surface area contributed by atoms with Crippen LogP contribution in [0.25, 0.3) is 0 Å². The summed E-state index contributed by atoms with van der Waals surface area (Å²) in [5.74, 6) is 0.929. The van der Waals surface area contributed by atoms with Gasteiger partial charge in [0.05, 0.1) is 0 Å². The molecule has 0 aliphatic heterocycles. The summed E-state index contributed by atoms with van der Waals surface area (Å²) in [5, 5.41) is 0. The molecule has 0 unspecified atom stereocenters. The van der Waals surface area contributed by atoms with Gasteiger partial charge in [-0.2, -0.15) is 0 Å².